The van der Waals surface area contributed by atoms with E-state index in [-0.39, 0.29) is 6.61 Å². The molecule has 1 aromatic heterocycles. The third kappa shape index (κ3) is 2.33. The summed E-state index contributed by atoms with van der Waals surface area (Å²) in [6.45, 7) is 3.97. The van der Waals surface area contributed by atoms with Crippen LogP contribution in [-0.4, -0.2) is 32.4 Å². The predicted molar refractivity (Wildman–Crippen MR) is 65.7 cm³/mol. The van der Waals surface area contributed by atoms with Crippen molar-refractivity contribution in [1.82, 2.24) is 20.2 Å². The van der Waals surface area contributed by atoms with Gasteiger partial charge < -0.3 is 9.84 Å². The molecule has 96 valence electrons. The van der Waals surface area contributed by atoms with Gasteiger partial charge in [0.25, 0.3) is 0 Å². The molecule has 0 spiro atoms. The molecule has 1 N–H and O–H groups in total. The molecule has 2 rings (SSSR count). The van der Waals surface area contributed by atoms with E-state index in [0.717, 1.165) is 17.0 Å². The minimum Gasteiger partial charge on any atom is -0.496 e. The SMILES string of the molecule is COc1ccc(-n2nnc(CO)n2)cc1C(C)C. The van der Waals surface area contributed by atoms with Gasteiger partial charge in [-0.15, -0.1) is 15.0 Å². The zero-order valence-corrected chi connectivity index (χ0v) is 10.7. The van der Waals surface area contributed by atoms with Crippen molar-refractivity contribution in [2.24, 2.45) is 0 Å². The Morgan fingerprint density at radius 1 is 1.39 bits per heavy atom. The number of benzene rings is 1. The number of hydrogen-bond donors (Lipinski definition) is 1. The fraction of sp³-hybridized carbons (Fsp3) is 0.417. The van der Waals surface area contributed by atoms with Crippen molar-refractivity contribution in [3.05, 3.63) is 29.6 Å². The van der Waals surface area contributed by atoms with Crippen molar-refractivity contribution in [2.45, 2.75) is 26.4 Å². The predicted octanol–water partition coefficient (Wildman–Crippen LogP) is 1.29. The summed E-state index contributed by atoms with van der Waals surface area (Å²) in [5.41, 5.74) is 1.88. The molecule has 0 aliphatic heterocycles. The maximum absolute atomic E-state index is 8.92. The van der Waals surface area contributed by atoms with Gasteiger partial charge in [0.05, 0.1) is 12.8 Å². The van der Waals surface area contributed by atoms with Gasteiger partial charge in [-0.1, -0.05) is 13.8 Å². The molecule has 0 fully saturated rings. The van der Waals surface area contributed by atoms with Crippen LogP contribution in [0.25, 0.3) is 5.69 Å². The monoisotopic (exact) mass is 248 g/mol. The van der Waals surface area contributed by atoms with Crippen LogP contribution in [0.4, 0.5) is 0 Å². The van der Waals surface area contributed by atoms with Crippen LogP contribution in [0.1, 0.15) is 31.2 Å². The van der Waals surface area contributed by atoms with Crippen LogP contribution in [0, 0.1) is 0 Å². The van der Waals surface area contributed by atoms with Crippen molar-refractivity contribution in [1.29, 1.82) is 0 Å². The molecule has 18 heavy (non-hydrogen) atoms. The highest BCUT2D eigenvalue weighted by Crippen LogP contribution is 2.28. The summed E-state index contributed by atoms with van der Waals surface area (Å²) in [5, 5.41) is 20.6. The van der Waals surface area contributed by atoms with Crippen molar-refractivity contribution in [2.75, 3.05) is 7.11 Å². The molecule has 0 aliphatic rings. The summed E-state index contributed by atoms with van der Waals surface area (Å²) in [7, 11) is 1.65. The molecule has 0 saturated heterocycles. The first-order chi connectivity index (χ1) is 8.65. The maximum Gasteiger partial charge on any atom is 0.200 e. The van der Waals surface area contributed by atoms with E-state index in [1.54, 1.807) is 7.11 Å². The fourth-order valence-electron chi connectivity index (χ4n) is 1.71. The smallest absolute Gasteiger partial charge is 0.200 e. The highest BCUT2D eigenvalue weighted by Gasteiger charge is 2.11. The van der Waals surface area contributed by atoms with E-state index in [1.165, 1.54) is 4.80 Å². The van der Waals surface area contributed by atoms with Crippen molar-refractivity contribution < 1.29 is 9.84 Å². The summed E-state index contributed by atoms with van der Waals surface area (Å²) in [5.74, 6) is 1.48. The summed E-state index contributed by atoms with van der Waals surface area (Å²) in [6.07, 6.45) is 0. The Kier molecular flexibility index (Phi) is 3.57. The van der Waals surface area contributed by atoms with Gasteiger partial charge >= 0.3 is 0 Å². The molecule has 0 unspecified atom stereocenters. The molecular formula is C12H16N4O2. The quantitative estimate of drug-likeness (QED) is 0.882. The average molecular weight is 248 g/mol. The molecule has 0 aliphatic carbocycles. The number of nitrogens with zero attached hydrogens (tertiary/aromatic N) is 4. The lowest BCUT2D eigenvalue weighted by atomic mass is 10.0. The Hall–Kier alpha value is -1.95. The van der Waals surface area contributed by atoms with Gasteiger partial charge in [-0.3, -0.25) is 0 Å². The van der Waals surface area contributed by atoms with E-state index in [1.807, 2.05) is 18.2 Å². The molecule has 2 aromatic rings. The Morgan fingerprint density at radius 2 is 2.17 bits per heavy atom. The maximum atomic E-state index is 8.92. The first-order valence-corrected chi connectivity index (χ1v) is 5.73. The number of aliphatic hydroxyl groups excluding tert-OH is 1. The highest BCUT2D eigenvalue weighted by atomic mass is 16.5. The highest BCUT2D eigenvalue weighted by molar-refractivity contribution is 5.44. The van der Waals surface area contributed by atoms with Gasteiger partial charge in [-0.25, -0.2) is 0 Å². The zero-order valence-electron chi connectivity index (χ0n) is 10.7. The molecular weight excluding hydrogens is 232 g/mol. The first-order valence-electron chi connectivity index (χ1n) is 5.73. The Morgan fingerprint density at radius 3 is 2.72 bits per heavy atom. The molecule has 0 atom stereocenters. The minimum absolute atomic E-state index is 0.215. The summed E-state index contributed by atoms with van der Waals surface area (Å²) in [4.78, 5) is 1.40. The Bertz CT molecular complexity index is 537. The van der Waals surface area contributed by atoms with Crippen LogP contribution in [0.5, 0.6) is 5.75 Å². The van der Waals surface area contributed by atoms with Crippen LogP contribution in [-0.2, 0) is 6.61 Å². The zero-order chi connectivity index (χ0) is 13.1. The van der Waals surface area contributed by atoms with Gasteiger partial charge in [0.15, 0.2) is 0 Å². The van der Waals surface area contributed by atoms with Gasteiger partial charge in [0.2, 0.25) is 5.82 Å². The number of hydrogen-bond acceptors (Lipinski definition) is 5. The Labute approximate surface area is 105 Å². The lowest BCUT2D eigenvalue weighted by molar-refractivity contribution is 0.271. The molecule has 1 aromatic carbocycles. The second kappa shape index (κ2) is 5.14. The van der Waals surface area contributed by atoms with Gasteiger partial charge in [-0.05, 0) is 34.9 Å². The summed E-state index contributed by atoms with van der Waals surface area (Å²) in [6, 6.07) is 5.70. The van der Waals surface area contributed by atoms with Crippen LogP contribution in [0.2, 0.25) is 0 Å². The number of methoxy groups -OCH3 is 1. The average Bonchev–Trinajstić information content (AvgIpc) is 2.86. The molecule has 6 heteroatoms. The minimum atomic E-state index is -0.215. The van der Waals surface area contributed by atoms with E-state index >= 15 is 0 Å². The molecule has 0 bridgehead atoms. The number of ether oxygens (including phenoxy) is 1. The molecule has 0 radical (unpaired) electrons. The largest absolute Gasteiger partial charge is 0.496 e. The van der Waals surface area contributed by atoms with Crippen LogP contribution < -0.4 is 4.74 Å². The van der Waals surface area contributed by atoms with Crippen molar-refractivity contribution in [3.8, 4) is 11.4 Å². The molecule has 0 saturated carbocycles. The molecule has 6 nitrogen and oxygen atoms in total. The van der Waals surface area contributed by atoms with E-state index < -0.39 is 0 Å². The third-order valence-electron chi connectivity index (χ3n) is 2.66. The number of tetrazole rings is 1. The summed E-state index contributed by atoms with van der Waals surface area (Å²) >= 11 is 0. The second-order valence-corrected chi connectivity index (χ2v) is 4.23. The molecule has 0 amide bonds. The van der Waals surface area contributed by atoms with Gasteiger partial charge in [0.1, 0.15) is 12.4 Å². The lowest BCUT2D eigenvalue weighted by Gasteiger charge is -2.12. The number of rotatable bonds is 4. The van der Waals surface area contributed by atoms with Crippen molar-refractivity contribution in [3.63, 3.8) is 0 Å². The standard InChI is InChI=1S/C12H16N4O2/c1-8(2)10-6-9(4-5-11(10)18-3)16-14-12(7-17)13-15-16/h4-6,8,17H,7H2,1-3H3. The van der Waals surface area contributed by atoms with E-state index in [2.05, 4.69) is 29.3 Å². The third-order valence-corrected chi connectivity index (χ3v) is 2.66. The Balaban J connectivity index is 2.42. The van der Waals surface area contributed by atoms with Gasteiger partial charge in [0, 0.05) is 0 Å². The molecule has 1 heterocycles. The summed E-state index contributed by atoms with van der Waals surface area (Å²) < 4.78 is 5.32. The van der Waals surface area contributed by atoms with Crippen LogP contribution in [0.3, 0.4) is 0 Å². The topological polar surface area (TPSA) is 73.1 Å². The normalized spacial score (nSPS) is 10.9. The van der Waals surface area contributed by atoms with Crippen LogP contribution in [0.15, 0.2) is 18.2 Å². The van der Waals surface area contributed by atoms with Crippen LogP contribution >= 0.6 is 0 Å². The van der Waals surface area contributed by atoms with E-state index in [0.29, 0.717) is 11.7 Å². The second-order valence-electron chi connectivity index (χ2n) is 4.23. The van der Waals surface area contributed by atoms with Crippen molar-refractivity contribution >= 4 is 0 Å². The lowest BCUT2D eigenvalue weighted by Crippen LogP contribution is -2.02. The van der Waals surface area contributed by atoms with Gasteiger partial charge in [-0.2, -0.15) is 0 Å². The van der Waals surface area contributed by atoms with E-state index in [9.17, 15) is 0 Å². The number of aliphatic hydroxyl groups is 1. The first kappa shape index (κ1) is 12.5. The number of aromatic nitrogens is 4. The van der Waals surface area contributed by atoms with E-state index in [4.69, 9.17) is 9.84 Å². The fourth-order valence-corrected chi connectivity index (χ4v) is 1.71.